The van der Waals surface area contributed by atoms with Crippen molar-refractivity contribution in [2.24, 2.45) is 17.8 Å². The van der Waals surface area contributed by atoms with Crippen molar-refractivity contribution in [3.63, 3.8) is 0 Å². The smallest absolute Gasteiger partial charge is 0.217 e. The fraction of sp³-hybridized carbons (Fsp3) is 0.682. The molecule has 1 aromatic carbocycles. The highest BCUT2D eigenvalue weighted by molar-refractivity contribution is 6.30. The van der Waals surface area contributed by atoms with Crippen molar-refractivity contribution < 1.29 is 14.3 Å². The van der Waals surface area contributed by atoms with E-state index in [1.807, 2.05) is 24.3 Å². The van der Waals surface area contributed by atoms with Gasteiger partial charge in [0.05, 0.1) is 12.1 Å². The highest BCUT2D eigenvalue weighted by Crippen LogP contribution is 2.38. The van der Waals surface area contributed by atoms with Gasteiger partial charge < -0.3 is 14.8 Å². The number of amides is 1. The lowest BCUT2D eigenvalue weighted by Gasteiger charge is -2.38. The van der Waals surface area contributed by atoms with Gasteiger partial charge in [-0.1, -0.05) is 11.6 Å². The van der Waals surface area contributed by atoms with Crippen molar-refractivity contribution in [3.05, 3.63) is 29.3 Å². The molecule has 1 N–H and O–H groups in total. The molecule has 5 nitrogen and oxygen atoms in total. The molecule has 3 aliphatic rings. The van der Waals surface area contributed by atoms with E-state index in [9.17, 15) is 4.79 Å². The van der Waals surface area contributed by atoms with E-state index in [4.69, 9.17) is 21.1 Å². The van der Waals surface area contributed by atoms with Crippen LogP contribution in [-0.2, 0) is 9.53 Å². The first-order chi connectivity index (χ1) is 13.6. The molecule has 4 atom stereocenters. The van der Waals surface area contributed by atoms with Crippen LogP contribution in [0.4, 0.5) is 0 Å². The van der Waals surface area contributed by atoms with Crippen LogP contribution in [0.2, 0.25) is 5.02 Å². The first kappa shape index (κ1) is 20.0. The first-order valence-electron chi connectivity index (χ1n) is 10.6. The van der Waals surface area contributed by atoms with Crippen LogP contribution in [-0.4, -0.2) is 55.8 Å². The van der Waals surface area contributed by atoms with E-state index in [2.05, 4.69) is 10.2 Å². The average molecular weight is 407 g/mol. The maximum atomic E-state index is 11.7. The molecule has 2 saturated carbocycles. The number of halogens is 1. The molecule has 6 heteroatoms. The Balaban J connectivity index is 1.26. The van der Waals surface area contributed by atoms with E-state index in [0.717, 1.165) is 55.8 Å². The van der Waals surface area contributed by atoms with Crippen LogP contribution in [0, 0.1) is 17.8 Å². The third-order valence-corrected chi connectivity index (χ3v) is 6.57. The molecule has 4 rings (SSSR count). The standard InChI is InChI=1S/C22H31ClN2O3/c1-15(26)24-21-10-17-12-25(8-9-27-20-6-4-19(23)5-7-20)13-18(17)11-22(21)28-14-16-2-3-16/h4-7,16-18,21-22H,2-3,8-14H2,1H3,(H,24,26)/t17-,18+,21-,22-/m1/s1. The number of hydrogen-bond acceptors (Lipinski definition) is 4. The van der Waals surface area contributed by atoms with E-state index in [1.54, 1.807) is 6.92 Å². The Hall–Kier alpha value is -1.30. The minimum Gasteiger partial charge on any atom is -0.492 e. The summed E-state index contributed by atoms with van der Waals surface area (Å²) >= 11 is 5.92. The van der Waals surface area contributed by atoms with Crippen LogP contribution in [0.25, 0.3) is 0 Å². The molecule has 1 amide bonds. The monoisotopic (exact) mass is 406 g/mol. The summed E-state index contributed by atoms with van der Waals surface area (Å²) in [4.78, 5) is 14.2. The number of benzene rings is 1. The molecule has 3 fully saturated rings. The Bertz CT molecular complexity index is 664. The first-order valence-corrected chi connectivity index (χ1v) is 10.9. The topological polar surface area (TPSA) is 50.8 Å². The number of carbonyl (C=O) groups is 1. The van der Waals surface area contributed by atoms with Crippen molar-refractivity contribution in [2.75, 3.05) is 32.8 Å². The summed E-state index contributed by atoms with van der Waals surface area (Å²) in [6.45, 7) is 6.26. The predicted octanol–water partition coefficient (Wildman–Crippen LogP) is 3.36. The largest absolute Gasteiger partial charge is 0.492 e. The Kier molecular flexibility index (Phi) is 6.44. The fourth-order valence-corrected chi connectivity index (χ4v) is 4.78. The zero-order valence-corrected chi connectivity index (χ0v) is 17.4. The van der Waals surface area contributed by atoms with E-state index >= 15 is 0 Å². The number of likely N-dealkylation sites (tertiary alicyclic amines) is 1. The highest BCUT2D eigenvalue weighted by Gasteiger charge is 2.43. The van der Waals surface area contributed by atoms with Crippen LogP contribution in [0.1, 0.15) is 32.6 Å². The number of nitrogens with one attached hydrogen (secondary N) is 1. The van der Waals surface area contributed by atoms with Gasteiger partial charge >= 0.3 is 0 Å². The molecule has 154 valence electrons. The second-order valence-corrected chi connectivity index (χ2v) is 9.11. The Morgan fingerprint density at radius 1 is 1.18 bits per heavy atom. The number of nitrogens with zero attached hydrogens (tertiary/aromatic N) is 1. The molecule has 1 heterocycles. The quantitative estimate of drug-likeness (QED) is 0.719. The molecule has 0 bridgehead atoms. The Morgan fingerprint density at radius 3 is 2.57 bits per heavy atom. The number of ether oxygens (including phenoxy) is 2. The molecule has 1 aliphatic heterocycles. The molecule has 1 aromatic rings. The minimum atomic E-state index is 0.0506. The molecular formula is C22H31ClN2O3. The Morgan fingerprint density at radius 2 is 1.89 bits per heavy atom. The molecule has 0 spiro atoms. The van der Waals surface area contributed by atoms with Gasteiger partial charge in [0, 0.05) is 38.2 Å². The van der Waals surface area contributed by atoms with Gasteiger partial charge in [0.25, 0.3) is 0 Å². The normalized spacial score (nSPS) is 30.1. The van der Waals surface area contributed by atoms with E-state index in [-0.39, 0.29) is 18.1 Å². The lowest BCUT2D eigenvalue weighted by atomic mass is 9.77. The fourth-order valence-electron chi connectivity index (χ4n) is 4.66. The van der Waals surface area contributed by atoms with E-state index < -0.39 is 0 Å². The van der Waals surface area contributed by atoms with Crippen molar-refractivity contribution in [1.82, 2.24) is 10.2 Å². The van der Waals surface area contributed by atoms with Gasteiger partial charge in [0.1, 0.15) is 12.4 Å². The summed E-state index contributed by atoms with van der Waals surface area (Å²) in [5.41, 5.74) is 0. The molecule has 1 saturated heterocycles. The van der Waals surface area contributed by atoms with Gasteiger partial charge in [-0.25, -0.2) is 0 Å². The molecular weight excluding hydrogens is 376 g/mol. The summed E-state index contributed by atoms with van der Waals surface area (Å²) in [5.74, 6) is 2.95. The molecule has 2 aliphatic carbocycles. The second-order valence-electron chi connectivity index (χ2n) is 8.68. The molecule has 28 heavy (non-hydrogen) atoms. The maximum Gasteiger partial charge on any atom is 0.217 e. The van der Waals surface area contributed by atoms with E-state index in [0.29, 0.717) is 18.4 Å². The summed E-state index contributed by atoms with van der Waals surface area (Å²) in [7, 11) is 0. The summed E-state index contributed by atoms with van der Waals surface area (Å²) in [5, 5.41) is 3.88. The van der Waals surface area contributed by atoms with Gasteiger partial charge in [-0.05, 0) is 67.7 Å². The summed E-state index contributed by atoms with van der Waals surface area (Å²) in [6.07, 6.45) is 4.83. The average Bonchev–Trinajstić information content (AvgIpc) is 3.40. The third kappa shape index (κ3) is 5.40. The van der Waals surface area contributed by atoms with Crippen LogP contribution in [0.15, 0.2) is 24.3 Å². The predicted molar refractivity (Wildman–Crippen MR) is 110 cm³/mol. The highest BCUT2D eigenvalue weighted by atomic mass is 35.5. The SMILES string of the molecule is CC(=O)N[C@@H]1C[C@@H]2CN(CCOc3ccc(Cl)cc3)C[C@@H]2C[C@H]1OCC1CC1. The summed E-state index contributed by atoms with van der Waals surface area (Å²) in [6, 6.07) is 7.68. The second kappa shape index (κ2) is 9.02. The van der Waals surface area contributed by atoms with Crippen molar-refractivity contribution in [1.29, 1.82) is 0 Å². The zero-order chi connectivity index (χ0) is 19.5. The van der Waals surface area contributed by atoms with Crippen LogP contribution in [0.3, 0.4) is 0 Å². The number of fused-ring (bicyclic) bond motifs is 1. The summed E-state index contributed by atoms with van der Waals surface area (Å²) < 4.78 is 12.1. The molecule has 0 radical (unpaired) electrons. The van der Waals surface area contributed by atoms with Crippen LogP contribution >= 0.6 is 11.6 Å². The lowest BCUT2D eigenvalue weighted by molar-refractivity contribution is -0.122. The zero-order valence-electron chi connectivity index (χ0n) is 16.6. The number of carbonyl (C=O) groups excluding carboxylic acids is 1. The number of hydrogen-bond donors (Lipinski definition) is 1. The van der Waals surface area contributed by atoms with Gasteiger partial charge in [-0.3, -0.25) is 9.69 Å². The minimum absolute atomic E-state index is 0.0506. The lowest BCUT2D eigenvalue weighted by Crippen LogP contribution is -2.50. The molecule has 0 aromatic heterocycles. The van der Waals surface area contributed by atoms with Crippen molar-refractivity contribution >= 4 is 17.5 Å². The van der Waals surface area contributed by atoms with Crippen LogP contribution < -0.4 is 10.1 Å². The molecule has 0 unspecified atom stereocenters. The van der Waals surface area contributed by atoms with E-state index in [1.165, 1.54) is 12.8 Å². The number of rotatable bonds is 8. The van der Waals surface area contributed by atoms with Gasteiger partial charge in [0.15, 0.2) is 0 Å². The van der Waals surface area contributed by atoms with Crippen LogP contribution in [0.5, 0.6) is 5.75 Å². The third-order valence-electron chi connectivity index (χ3n) is 6.31. The maximum absolute atomic E-state index is 11.7. The van der Waals surface area contributed by atoms with Gasteiger partial charge in [-0.15, -0.1) is 0 Å². The van der Waals surface area contributed by atoms with Gasteiger partial charge in [-0.2, -0.15) is 0 Å². The Labute approximate surface area is 172 Å². The van der Waals surface area contributed by atoms with Gasteiger partial charge in [0.2, 0.25) is 5.91 Å². The van der Waals surface area contributed by atoms with Crippen molar-refractivity contribution in [3.8, 4) is 5.75 Å². The van der Waals surface area contributed by atoms with Crippen molar-refractivity contribution in [2.45, 2.75) is 44.8 Å².